The Balaban J connectivity index is 2.87. The van der Waals surface area contributed by atoms with Crippen LogP contribution in [0.3, 0.4) is 0 Å². The monoisotopic (exact) mass is 228 g/mol. The average molecular weight is 229 g/mol. The fourth-order valence-electron chi connectivity index (χ4n) is 1.08. The van der Waals surface area contributed by atoms with Crippen LogP contribution in [0.15, 0.2) is 6.20 Å². The Morgan fingerprint density at radius 3 is 2.80 bits per heavy atom. The number of halogens is 1. The summed E-state index contributed by atoms with van der Waals surface area (Å²) in [4.78, 5) is 19.4. The molecule has 4 nitrogen and oxygen atoms in total. The second-order valence-electron chi connectivity index (χ2n) is 2.96. The lowest BCUT2D eigenvalue weighted by atomic mass is 10.3. The average Bonchev–Trinajstić information content (AvgIpc) is 2.18. The van der Waals surface area contributed by atoms with Crippen LogP contribution in [0.5, 0.6) is 0 Å². The summed E-state index contributed by atoms with van der Waals surface area (Å²) in [5.74, 6) is 0.168. The van der Waals surface area contributed by atoms with Crippen molar-refractivity contribution in [3.63, 3.8) is 0 Å². The van der Waals surface area contributed by atoms with Crippen LogP contribution in [0.2, 0.25) is 5.15 Å². The van der Waals surface area contributed by atoms with Gasteiger partial charge in [-0.25, -0.2) is 14.8 Å². The van der Waals surface area contributed by atoms with Crippen LogP contribution in [0.25, 0.3) is 0 Å². The van der Waals surface area contributed by atoms with Crippen LogP contribution >= 0.6 is 11.6 Å². The predicted molar refractivity (Wildman–Crippen MR) is 57.0 cm³/mol. The molecule has 5 heteroatoms. The van der Waals surface area contributed by atoms with E-state index < -0.39 is 5.97 Å². The molecular weight excluding hydrogens is 216 g/mol. The van der Waals surface area contributed by atoms with E-state index in [-0.39, 0.29) is 10.7 Å². The molecule has 0 atom stereocenters. The topological polar surface area (TPSA) is 52.1 Å². The first-order valence-electron chi connectivity index (χ1n) is 4.87. The summed E-state index contributed by atoms with van der Waals surface area (Å²) >= 11 is 5.84. The molecular formula is C10H13ClN2O2. The summed E-state index contributed by atoms with van der Waals surface area (Å²) in [5.41, 5.74) is 0.221. The van der Waals surface area contributed by atoms with E-state index in [0.29, 0.717) is 12.4 Å². The van der Waals surface area contributed by atoms with Crippen molar-refractivity contribution in [2.24, 2.45) is 0 Å². The van der Waals surface area contributed by atoms with Crippen LogP contribution in [0.1, 0.15) is 36.5 Å². The summed E-state index contributed by atoms with van der Waals surface area (Å²) < 4.78 is 4.81. The Hall–Kier alpha value is -1.16. The van der Waals surface area contributed by atoms with Gasteiger partial charge >= 0.3 is 5.97 Å². The zero-order valence-corrected chi connectivity index (χ0v) is 9.54. The van der Waals surface area contributed by atoms with Crippen LogP contribution in [-0.4, -0.2) is 22.5 Å². The minimum absolute atomic E-state index is 0.159. The standard InChI is InChI=1S/C10H13ClN2O2/c1-3-5-8-12-6-7(9(11)13-8)10(14)15-4-2/h6H,3-5H2,1-2H3. The zero-order chi connectivity index (χ0) is 11.3. The van der Waals surface area contributed by atoms with Crippen LogP contribution in [0, 0.1) is 0 Å². The smallest absolute Gasteiger partial charge is 0.342 e. The minimum atomic E-state index is -0.481. The number of aromatic nitrogens is 2. The predicted octanol–water partition coefficient (Wildman–Crippen LogP) is 2.26. The Morgan fingerprint density at radius 1 is 1.53 bits per heavy atom. The van der Waals surface area contributed by atoms with Crippen molar-refractivity contribution in [3.8, 4) is 0 Å². The van der Waals surface area contributed by atoms with Crippen molar-refractivity contribution in [2.45, 2.75) is 26.7 Å². The van der Waals surface area contributed by atoms with Gasteiger partial charge in [-0.3, -0.25) is 0 Å². The maximum Gasteiger partial charge on any atom is 0.342 e. The van der Waals surface area contributed by atoms with Crippen LogP contribution in [-0.2, 0) is 11.2 Å². The molecule has 82 valence electrons. The number of nitrogens with zero attached hydrogens (tertiary/aromatic N) is 2. The molecule has 0 N–H and O–H groups in total. The Labute approximate surface area is 93.6 Å². The van der Waals surface area contributed by atoms with Crippen molar-refractivity contribution in [3.05, 3.63) is 22.7 Å². The van der Waals surface area contributed by atoms with E-state index in [1.165, 1.54) is 6.20 Å². The molecule has 0 aliphatic rings. The normalized spacial score (nSPS) is 10.1. The summed E-state index contributed by atoms with van der Waals surface area (Å²) in [7, 11) is 0. The molecule has 1 aromatic rings. The molecule has 0 fully saturated rings. The lowest BCUT2D eigenvalue weighted by molar-refractivity contribution is 0.0525. The molecule has 1 aromatic heterocycles. The summed E-state index contributed by atoms with van der Waals surface area (Å²) in [6.45, 7) is 4.07. The lowest BCUT2D eigenvalue weighted by Crippen LogP contribution is -2.08. The van der Waals surface area contributed by atoms with Gasteiger partial charge in [0, 0.05) is 12.6 Å². The Bertz CT molecular complexity index is 355. The minimum Gasteiger partial charge on any atom is -0.462 e. The molecule has 1 heterocycles. The highest BCUT2D eigenvalue weighted by atomic mass is 35.5. The fraction of sp³-hybridized carbons (Fsp3) is 0.500. The lowest BCUT2D eigenvalue weighted by Gasteiger charge is -2.04. The van der Waals surface area contributed by atoms with E-state index in [2.05, 4.69) is 9.97 Å². The van der Waals surface area contributed by atoms with Gasteiger partial charge in [0.05, 0.1) is 6.61 Å². The van der Waals surface area contributed by atoms with Gasteiger partial charge in [0.1, 0.15) is 16.5 Å². The Kier molecular flexibility index (Phi) is 4.49. The fourth-order valence-corrected chi connectivity index (χ4v) is 1.31. The largest absolute Gasteiger partial charge is 0.462 e. The molecule has 0 aromatic carbocycles. The second-order valence-corrected chi connectivity index (χ2v) is 3.32. The molecule has 0 aliphatic carbocycles. The van der Waals surface area contributed by atoms with Gasteiger partial charge < -0.3 is 4.74 Å². The number of hydrogen-bond acceptors (Lipinski definition) is 4. The first-order chi connectivity index (χ1) is 7.19. The summed E-state index contributed by atoms with van der Waals surface area (Å²) in [5, 5.41) is 0.159. The van der Waals surface area contributed by atoms with E-state index in [1.807, 2.05) is 6.92 Å². The van der Waals surface area contributed by atoms with E-state index in [1.54, 1.807) is 6.92 Å². The number of hydrogen-bond donors (Lipinski definition) is 0. The van der Waals surface area contributed by atoms with Gasteiger partial charge in [-0.15, -0.1) is 0 Å². The SMILES string of the molecule is CCCc1ncc(C(=O)OCC)c(Cl)n1. The maximum absolute atomic E-state index is 11.3. The molecule has 0 aliphatic heterocycles. The molecule has 0 amide bonds. The molecule has 0 radical (unpaired) electrons. The maximum atomic E-state index is 11.3. The first-order valence-corrected chi connectivity index (χ1v) is 5.25. The van der Waals surface area contributed by atoms with E-state index in [0.717, 1.165) is 12.8 Å². The van der Waals surface area contributed by atoms with Crippen molar-refractivity contribution >= 4 is 17.6 Å². The molecule has 15 heavy (non-hydrogen) atoms. The zero-order valence-electron chi connectivity index (χ0n) is 8.79. The van der Waals surface area contributed by atoms with Gasteiger partial charge in [0.15, 0.2) is 0 Å². The number of carbonyl (C=O) groups excluding carboxylic acids is 1. The van der Waals surface area contributed by atoms with Crippen molar-refractivity contribution in [1.29, 1.82) is 0 Å². The van der Waals surface area contributed by atoms with Gasteiger partial charge in [-0.2, -0.15) is 0 Å². The number of aryl methyl sites for hydroxylation is 1. The Morgan fingerprint density at radius 2 is 2.27 bits per heavy atom. The highest BCUT2D eigenvalue weighted by Crippen LogP contribution is 2.13. The molecule has 0 saturated heterocycles. The summed E-state index contributed by atoms with van der Waals surface area (Å²) in [6, 6.07) is 0. The molecule has 0 saturated carbocycles. The third-order valence-corrected chi connectivity index (χ3v) is 2.05. The number of rotatable bonds is 4. The number of carbonyl (C=O) groups is 1. The van der Waals surface area contributed by atoms with Gasteiger partial charge in [0.2, 0.25) is 0 Å². The molecule has 1 rings (SSSR count). The highest BCUT2D eigenvalue weighted by Gasteiger charge is 2.13. The third kappa shape index (κ3) is 3.16. The molecule has 0 unspecified atom stereocenters. The van der Waals surface area contributed by atoms with Gasteiger partial charge in [-0.1, -0.05) is 18.5 Å². The first kappa shape index (κ1) is 11.9. The van der Waals surface area contributed by atoms with Crippen LogP contribution < -0.4 is 0 Å². The van der Waals surface area contributed by atoms with Gasteiger partial charge in [0.25, 0.3) is 0 Å². The third-order valence-electron chi connectivity index (χ3n) is 1.76. The van der Waals surface area contributed by atoms with E-state index in [9.17, 15) is 4.79 Å². The van der Waals surface area contributed by atoms with Crippen LogP contribution in [0.4, 0.5) is 0 Å². The number of ether oxygens (including phenoxy) is 1. The quantitative estimate of drug-likeness (QED) is 0.586. The van der Waals surface area contributed by atoms with Gasteiger partial charge in [-0.05, 0) is 13.3 Å². The molecule has 0 bridgehead atoms. The molecule has 0 spiro atoms. The van der Waals surface area contributed by atoms with Crippen molar-refractivity contribution in [2.75, 3.05) is 6.61 Å². The summed E-state index contributed by atoms with van der Waals surface area (Å²) in [6.07, 6.45) is 3.11. The van der Waals surface area contributed by atoms with E-state index in [4.69, 9.17) is 16.3 Å². The second kappa shape index (κ2) is 5.66. The van der Waals surface area contributed by atoms with Crippen molar-refractivity contribution < 1.29 is 9.53 Å². The van der Waals surface area contributed by atoms with Crippen molar-refractivity contribution in [1.82, 2.24) is 9.97 Å². The van der Waals surface area contributed by atoms with E-state index >= 15 is 0 Å². The highest BCUT2D eigenvalue weighted by molar-refractivity contribution is 6.32. The number of esters is 1.